The monoisotopic (exact) mass is 262 g/mol. The predicted molar refractivity (Wildman–Crippen MR) is 60.2 cm³/mol. The standard InChI is InChI=1S/C10H18N2O6/c1-17-8(9(14)15)4-11-10(16)12-2-3-18-7(5-12)6-13/h7-8,13H,2-6H2,1H3,(H,11,16)(H,14,15). The van der Waals surface area contributed by atoms with Crippen LogP contribution in [0.5, 0.6) is 0 Å². The van der Waals surface area contributed by atoms with Crippen molar-refractivity contribution in [2.75, 3.05) is 40.0 Å². The number of nitrogens with zero attached hydrogens (tertiary/aromatic N) is 1. The van der Waals surface area contributed by atoms with E-state index in [0.717, 1.165) is 0 Å². The van der Waals surface area contributed by atoms with Gasteiger partial charge in [0.25, 0.3) is 0 Å². The Morgan fingerprint density at radius 2 is 2.33 bits per heavy atom. The maximum Gasteiger partial charge on any atom is 0.334 e. The number of urea groups is 1. The van der Waals surface area contributed by atoms with Crippen LogP contribution in [0.4, 0.5) is 4.79 Å². The molecule has 2 atom stereocenters. The molecule has 1 fully saturated rings. The number of carbonyl (C=O) groups excluding carboxylic acids is 1. The van der Waals surface area contributed by atoms with E-state index < -0.39 is 12.1 Å². The summed E-state index contributed by atoms with van der Waals surface area (Å²) in [6.45, 7) is 0.789. The quantitative estimate of drug-likeness (QED) is 0.556. The van der Waals surface area contributed by atoms with Crippen molar-refractivity contribution in [3.63, 3.8) is 0 Å². The molecule has 0 aromatic rings. The molecule has 104 valence electrons. The van der Waals surface area contributed by atoms with Crippen LogP contribution in [-0.4, -0.2) is 79.3 Å². The number of morpholine rings is 1. The highest BCUT2D eigenvalue weighted by Gasteiger charge is 2.25. The third-order valence-electron chi connectivity index (χ3n) is 2.63. The molecule has 0 radical (unpaired) electrons. The van der Waals surface area contributed by atoms with Gasteiger partial charge in [-0.25, -0.2) is 9.59 Å². The van der Waals surface area contributed by atoms with Crippen molar-refractivity contribution >= 4 is 12.0 Å². The fourth-order valence-electron chi connectivity index (χ4n) is 1.58. The second-order valence-corrected chi connectivity index (χ2v) is 3.87. The highest BCUT2D eigenvalue weighted by Crippen LogP contribution is 2.04. The molecular formula is C10H18N2O6. The number of carboxylic acid groups (broad SMARTS) is 1. The van der Waals surface area contributed by atoms with Crippen LogP contribution < -0.4 is 5.32 Å². The molecule has 0 aromatic heterocycles. The number of nitrogens with one attached hydrogen (secondary N) is 1. The van der Waals surface area contributed by atoms with Gasteiger partial charge in [0, 0.05) is 13.7 Å². The molecule has 0 saturated carbocycles. The van der Waals surface area contributed by atoms with Crippen molar-refractivity contribution in [3.05, 3.63) is 0 Å². The molecule has 1 aliphatic rings. The van der Waals surface area contributed by atoms with Crippen molar-refractivity contribution in [1.29, 1.82) is 0 Å². The Hall–Kier alpha value is -1.38. The second-order valence-electron chi connectivity index (χ2n) is 3.87. The van der Waals surface area contributed by atoms with Gasteiger partial charge >= 0.3 is 12.0 Å². The number of aliphatic hydroxyl groups is 1. The van der Waals surface area contributed by atoms with E-state index in [-0.39, 0.29) is 31.8 Å². The molecule has 3 N–H and O–H groups in total. The molecule has 1 heterocycles. The fourth-order valence-corrected chi connectivity index (χ4v) is 1.58. The van der Waals surface area contributed by atoms with Gasteiger partial charge in [-0.15, -0.1) is 0 Å². The summed E-state index contributed by atoms with van der Waals surface area (Å²) in [5.41, 5.74) is 0. The molecule has 1 saturated heterocycles. The first kappa shape index (κ1) is 14.7. The van der Waals surface area contributed by atoms with Gasteiger partial charge in [-0.1, -0.05) is 0 Å². The fraction of sp³-hybridized carbons (Fsp3) is 0.800. The molecule has 0 aromatic carbocycles. The van der Waals surface area contributed by atoms with Crippen molar-refractivity contribution in [1.82, 2.24) is 10.2 Å². The number of aliphatic hydroxyl groups excluding tert-OH is 1. The molecule has 18 heavy (non-hydrogen) atoms. The minimum atomic E-state index is -1.13. The van der Waals surface area contributed by atoms with Crippen molar-refractivity contribution in [2.45, 2.75) is 12.2 Å². The Bertz CT molecular complexity index is 298. The van der Waals surface area contributed by atoms with Gasteiger partial charge < -0.3 is 29.9 Å². The molecule has 8 heteroatoms. The number of hydrogen-bond donors (Lipinski definition) is 3. The third-order valence-corrected chi connectivity index (χ3v) is 2.63. The van der Waals surface area contributed by atoms with Crippen molar-refractivity contribution in [2.24, 2.45) is 0 Å². The van der Waals surface area contributed by atoms with E-state index in [1.807, 2.05) is 0 Å². The van der Waals surface area contributed by atoms with E-state index in [2.05, 4.69) is 5.32 Å². The van der Waals surface area contributed by atoms with Gasteiger partial charge in [-0.05, 0) is 0 Å². The first-order valence-electron chi connectivity index (χ1n) is 5.59. The molecule has 1 aliphatic heterocycles. The first-order chi connectivity index (χ1) is 8.58. The average Bonchev–Trinajstić information content (AvgIpc) is 2.38. The van der Waals surface area contributed by atoms with E-state index in [9.17, 15) is 9.59 Å². The van der Waals surface area contributed by atoms with Crippen LogP contribution in [0.2, 0.25) is 0 Å². The number of hydrogen-bond acceptors (Lipinski definition) is 5. The molecule has 2 unspecified atom stereocenters. The molecule has 8 nitrogen and oxygen atoms in total. The zero-order valence-corrected chi connectivity index (χ0v) is 10.2. The first-order valence-corrected chi connectivity index (χ1v) is 5.59. The number of rotatable bonds is 5. The lowest BCUT2D eigenvalue weighted by molar-refractivity contribution is -0.148. The molecule has 1 rings (SSSR count). The summed E-state index contributed by atoms with van der Waals surface area (Å²) < 4.78 is 9.90. The van der Waals surface area contributed by atoms with Crippen LogP contribution in [0.25, 0.3) is 0 Å². The van der Waals surface area contributed by atoms with Crippen LogP contribution in [-0.2, 0) is 14.3 Å². The van der Waals surface area contributed by atoms with E-state index in [1.165, 1.54) is 12.0 Å². The molecule has 2 amide bonds. The van der Waals surface area contributed by atoms with Gasteiger partial charge in [0.15, 0.2) is 6.10 Å². The maximum absolute atomic E-state index is 11.7. The second kappa shape index (κ2) is 7.14. The van der Waals surface area contributed by atoms with Gasteiger partial charge in [0.2, 0.25) is 0 Å². The van der Waals surface area contributed by atoms with Crippen LogP contribution in [0, 0.1) is 0 Å². The molecule has 0 bridgehead atoms. The Kier molecular flexibility index (Phi) is 5.83. The van der Waals surface area contributed by atoms with Crippen molar-refractivity contribution < 1.29 is 29.3 Å². The number of amides is 2. The maximum atomic E-state index is 11.7. The lowest BCUT2D eigenvalue weighted by Gasteiger charge is -2.32. The average molecular weight is 262 g/mol. The van der Waals surface area contributed by atoms with Gasteiger partial charge in [-0.2, -0.15) is 0 Å². The Balaban J connectivity index is 2.38. The zero-order chi connectivity index (χ0) is 13.5. The Morgan fingerprint density at radius 3 is 2.89 bits per heavy atom. The zero-order valence-electron chi connectivity index (χ0n) is 10.2. The third kappa shape index (κ3) is 4.13. The summed E-state index contributed by atoms with van der Waals surface area (Å²) in [4.78, 5) is 23.9. The highest BCUT2D eigenvalue weighted by molar-refractivity contribution is 5.77. The molecule has 0 aliphatic carbocycles. The predicted octanol–water partition coefficient (Wildman–Crippen LogP) is -1.51. The molecular weight excluding hydrogens is 244 g/mol. The lowest BCUT2D eigenvalue weighted by Crippen LogP contribution is -2.52. The minimum absolute atomic E-state index is 0.105. The molecule has 0 spiro atoms. The summed E-state index contributed by atoms with van der Waals surface area (Å²) in [5.74, 6) is -1.13. The summed E-state index contributed by atoms with van der Waals surface area (Å²) >= 11 is 0. The van der Waals surface area contributed by atoms with Gasteiger partial charge in [0.1, 0.15) is 0 Å². The number of carbonyl (C=O) groups is 2. The van der Waals surface area contributed by atoms with Crippen LogP contribution in [0.15, 0.2) is 0 Å². The summed E-state index contributed by atoms with van der Waals surface area (Å²) in [5, 5.41) is 20.1. The van der Waals surface area contributed by atoms with Gasteiger partial charge in [-0.3, -0.25) is 0 Å². The normalized spacial score (nSPS) is 21.4. The highest BCUT2D eigenvalue weighted by atomic mass is 16.5. The smallest absolute Gasteiger partial charge is 0.334 e. The van der Waals surface area contributed by atoms with E-state index in [0.29, 0.717) is 13.2 Å². The lowest BCUT2D eigenvalue weighted by atomic mass is 10.3. The Morgan fingerprint density at radius 1 is 1.61 bits per heavy atom. The van der Waals surface area contributed by atoms with Crippen LogP contribution >= 0.6 is 0 Å². The number of aliphatic carboxylic acids is 1. The summed E-state index contributed by atoms with van der Waals surface area (Å²) in [6, 6.07) is -0.389. The topological polar surface area (TPSA) is 108 Å². The minimum Gasteiger partial charge on any atom is -0.479 e. The van der Waals surface area contributed by atoms with E-state index >= 15 is 0 Å². The SMILES string of the molecule is COC(CNC(=O)N1CCOC(CO)C1)C(=O)O. The largest absolute Gasteiger partial charge is 0.479 e. The van der Waals surface area contributed by atoms with E-state index in [4.69, 9.17) is 19.7 Å². The van der Waals surface area contributed by atoms with Gasteiger partial charge in [0.05, 0.1) is 32.4 Å². The number of carboxylic acids is 1. The Labute approximate surface area is 104 Å². The van der Waals surface area contributed by atoms with Crippen molar-refractivity contribution in [3.8, 4) is 0 Å². The summed E-state index contributed by atoms with van der Waals surface area (Å²) in [7, 11) is 1.27. The number of ether oxygens (including phenoxy) is 2. The number of methoxy groups -OCH3 is 1. The summed E-state index contributed by atoms with van der Waals surface area (Å²) in [6.07, 6.45) is -1.45. The van der Waals surface area contributed by atoms with Crippen LogP contribution in [0.1, 0.15) is 0 Å². The van der Waals surface area contributed by atoms with E-state index in [1.54, 1.807) is 0 Å². The van der Waals surface area contributed by atoms with Crippen LogP contribution in [0.3, 0.4) is 0 Å².